The minimum Gasteiger partial charge on any atom is -0.388 e. The zero-order chi connectivity index (χ0) is 15.1. The van der Waals surface area contributed by atoms with Gasteiger partial charge < -0.3 is 20.5 Å². The third kappa shape index (κ3) is 4.72. The minimum atomic E-state index is -0.734. The first-order valence-electron chi connectivity index (χ1n) is 7.56. The molecular weight excluding hydrogens is 268 g/mol. The monoisotopic (exact) mass is 292 g/mol. The number of carbonyl (C=O) groups is 1. The first-order chi connectivity index (χ1) is 10.1. The molecule has 2 amide bonds. The van der Waals surface area contributed by atoms with Crippen molar-refractivity contribution in [3.63, 3.8) is 0 Å². The predicted molar refractivity (Wildman–Crippen MR) is 82.2 cm³/mol. The summed E-state index contributed by atoms with van der Waals surface area (Å²) in [6.07, 6.45) is 3.57. The topological polar surface area (TPSA) is 70.6 Å². The van der Waals surface area contributed by atoms with Crippen LogP contribution in [0, 0.1) is 0 Å². The Kier molecular flexibility index (Phi) is 5.59. The van der Waals surface area contributed by atoms with Crippen molar-refractivity contribution in [2.45, 2.75) is 44.8 Å². The van der Waals surface area contributed by atoms with Crippen molar-refractivity contribution >= 4 is 11.7 Å². The average Bonchev–Trinajstić information content (AvgIpc) is 2.92. The maximum Gasteiger partial charge on any atom is 0.319 e. The van der Waals surface area contributed by atoms with Crippen molar-refractivity contribution in [3.8, 4) is 0 Å². The van der Waals surface area contributed by atoms with Crippen LogP contribution < -0.4 is 10.6 Å². The number of hydrogen-bond acceptors (Lipinski definition) is 3. The van der Waals surface area contributed by atoms with Crippen molar-refractivity contribution in [1.29, 1.82) is 0 Å². The van der Waals surface area contributed by atoms with Crippen LogP contribution in [0.4, 0.5) is 10.5 Å². The molecule has 1 saturated carbocycles. The van der Waals surface area contributed by atoms with Crippen LogP contribution in [0.25, 0.3) is 0 Å². The fraction of sp³-hybridized carbons (Fsp3) is 0.562. The molecule has 0 aromatic heterocycles. The summed E-state index contributed by atoms with van der Waals surface area (Å²) in [7, 11) is 0. The Bertz CT molecular complexity index is 470. The minimum absolute atomic E-state index is 0.292. The van der Waals surface area contributed by atoms with Gasteiger partial charge in [0, 0.05) is 24.4 Å². The summed E-state index contributed by atoms with van der Waals surface area (Å²) in [6, 6.07) is 7.27. The number of anilines is 1. The first-order valence-corrected chi connectivity index (χ1v) is 7.56. The van der Waals surface area contributed by atoms with E-state index in [0.717, 1.165) is 36.9 Å². The van der Waals surface area contributed by atoms with Gasteiger partial charge in [0.15, 0.2) is 0 Å². The number of para-hydroxylation sites is 1. The zero-order valence-corrected chi connectivity index (χ0v) is 12.5. The fourth-order valence-electron chi connectivity index (χ4n) is 2.60. The van der Waals surface area contributed by atoms with E-state index in [0.29, 0.717) is 19.8 Å². The van der Waals surface area contributed by atoms with Crippen LogP contribution in [0.3, 0.4) is 0 Å². The Morgan fingerprint density at radius 2 is 2.05 bits per heavy atom. The summed E-state index contributed by atoms with van der Waals surface area (Å²) >= 11 is 0. The van der Waals surface area contributed by atoms with E-state index in [1.807, 2.05) is 31.2 Å². The van der Waals surface area contributed by atoms with Crippen molar-refractivity contribution in [2.24, 2.45) is 0 Å². The molecule has 0 heterocycles. The zero-order valence-electron chi connectivity index (χ0n) is 12.5. The molecule has 1 aliphatic rings. The SMILES string of the molecule is CCOCc1ccccc1NC(=O)NCC1(O)CCCC1. The van der Waals surface area contributed by atoms with E-state index in [4.69, 9.17) is 4.74 Å². The van der Waals surface area contributed by atoms with Crippen molar-refractivity contribution in [1.82, 2.24) is 5.32 Å². The van der Waals surface area contributed by atoms with Gasteiger partial charge in [-0.15, -0.1) is 0 Å². The van der Waals surface area contributed by atoms with E-state index < -0.39 is 5.60 Å². The number of amides is 2. The lowest BCUT2D eigenvalue weighted by molar-refractivity contribution is 0.0506. The lowest BCUT2D eigenvalue weighted by Crippen LogP contribution is -2.42. The summed E-state index contributed by atoms with van der Waals surface area (Å²) in [6.45, 7) is 3.34. The lowest BCUT2D eigenvalue weighted by atomic mass is 10.0. The number of ether oxygens (including phenoxy) is 1. The Morgan fingerprint density at radius 3 is 2.76 bits per heavy atom. The normalized spacial score (nSPS) is 16.7. The molecular formula is C16H24N2O3. The molecule has 1 fully saturated rings. The third-order valence-electron chi connectivity index (χ3n) is 3.84. The summed E-state index contributed by atoms with van der Waals surface area (Å²) in [5.41, 5.74) is 0.943. The molecule has 0 saturated heterocycles. The van der Waals surface area contributed by atoms with Crippen molar-refractivity contribution < 1.29 is 14.6 Å². The van der Waals surface area contributed by atoms with Crippen LogP contribution in [0.1, 0.15) is 38.2 Å². The van der Waals surface area contributed by atoms with Gasteiger partial charge in [-0.3, -0.25) is 0 Å². The smallest absolute Gasteiger partial charge is 0.319 e. The second kappa shape index (κ2) is 7.43. The molecule has 3 N–H and O–H groups in total. The summed E-state index contributed by atoms with van der Waals surface area (Å²) in [4.78, 5) is 12.0. The summed E-state index contributed by atoms with van der Waals surface area (Å²) in [5.74, 6) is 0. The van der Waals surface area contributed by atoms with E-state index in [-0.39, 0.29) is 6.03 Å². The van der Waals surface area contributed by atoms with Crippen LogP contribution in [-0.4, -0.2) is 29.9 Å². The summed E-state index contributed by atoms with van der Waals surface area (Å²) in [5, 5.41) is 15.8. The highest BCUT2D eigenvalue weighted by Gasteiger charge is 2.31. The molecule has 1 aromatic carbocycles. The quantitative estimate of drug-likeness (QED) is 0.755. The van der Waals surface area contributed by atoms with Gasteiger partial charge in [-0.25, -0.2) is 4.79 Å². The number of benzene rings is 1. The van der Waals surface area contributed by atoms with Crippen LogP contribution >= 0.6 is 0 Å². The average molecular weight is 292 g/mol. The maximum absolute atomic E-state index is 12.0. The Labute approximate surface area is 125 Å². The number of hydrogen-bond donors (Lipinski definition) is 3. The van der Waals surface area contributed by atoms with Gasteiger partial charge >= 0.3 is 6.03 Å². The molecule has 1 aromatic rings. The molecule has 5 nitrogen and oxygen atoms in total. The Morgan fingerprint density at radius 1 is 1.33 bits per heavy atom. The molecule has 116 valence electrons. The number of nitrogens with one attached hydrogen (secondary N) is 2. The van der Waals surface area contributed by atoms with Gasteiger partial charge in [-0.1, -0.05) is 31.0 Å². The van der Waals surface area contributed by atoms with Crippen LogP contribution in [0.5, 0.6) is 0 Å². The standard InChI is InChI=1S/C16H24N2O3/c1-2-21-11-13-7-3-4-8-14(13)18-15(19)17-12-16(20)9-5-6-10-16/h3-4,7-8,20H,2,5-6,9-12H2,1H3,(H2,17,18,19). The van der Waals surface area contributed by atoms with Gasteiger partial charge in [-0.05, 0) is 25.8 Å². The third-order valence-corrected chi connectivity index (χ3v) is 3.84. The van der Waals surface area contributed by atoms with Gasteiger partial charge in [0.2, 0.25) is 0 Å². The molecule has 1 aliphatic carbocycles. The molecule has 5 heteroatoms. The number of aliphatic hydroxyl groups is 1. The molecule has 0 spiro atoms. The molecule has 2 rings (SSSR count). The molecule has 0 unspecified atom stereocenters. The molecule has 0 radical (unpaired) electrons. The Balaban J connectivity index is 1.87. The molecule has 0 aliphatic heterocycles. The largest absolute Gasteiger partial charge is 0.388 e. The fourth-order valence-corrected chi connectivity index (χ4v) is 2.60. The highest BCUT2D eigenvalue weighted by atomic mass is 16.5. The van der Waals surface area contributed by atoms with E-state index >= 15 is 0 Å². The lowest BCUT2D eigenvalue weighted by Gasteiger charge is -2.22. The number of rotatable bonds is 6. The Hall–Kier alpha value is -1.59. The van der Waals surface area contributed by atoms with Gasteiger partial charge in [0.25, 0.3) is 0 Å². The first kappa shape index (κ1) is 15.8. The van der Waals surface area contributed by atoms with E-state index in [2.05, 4.69) is 10.6 Å². The maximum atomic E-state index is 12.0. The molecule has 21 heavy (non-hydrogen) atoms. The van der Waals surface area contributed by atoms with Crippen molar-refractivity contribution in [3.05, 3.63) is 29.8 Å². The van der Waals surface area contributed by atoms with E-state index in [1.165, 1.54) is 0 Å². The van der Waals surface area contributed by atoms with Crippen LogP contribution in [0.2, 0.25) is 0 Å². The number of urea groups is 1. The second-order valence-electron chi connectivity index (χ2n) is 5.53. The van der Waals surface area contributed by atoms with E-state index in [1.54, 1.807) is 0 Å². The van der Waals surface area contributed by atoms with Crippen LogP contribution in [0.15, 0.2) is 24.3 Å². The van der Waals surface area contributed by atoms with Crippen molar-refractivity contribution in [2.75, 3.05) is 18.5 Å². The van der Waals surface area contributed by atoms with E-state index in [9.17, 15) is 9.90 Å². The number of carbonyl (C=O) groups excluding carboxylic acids is 1. The van der Waals surface area contributed by atoms with Gasteiger partial charge in [-0.2, -0.15) is 0 Å². The van der Waals surface area contributed by atoms with Gasteiger partial charge in [0.05, 0.1) is 12.2 Å². The molecule has 0 bridgehead atoms. The highest BCUT2D eigenvalue weighted by Crippen LogP contribution is 2.28. The predicted octanol–water partition coefficient (Wildman–Crippen LogP) is 2.65. The molecule has 0 atom stereocenters. The van der Waals surface area contributed by atoms with Gasteiger partial charge in [0.1, 0.15) is 0 Å². The second-order valence-corrected chi connectivity index (χ2v) is 5.53. The highest BCUT2D eigenvalue weighted by molar-refractivity contribution is 5.90. The summed E-state index contributed by atoms with van der Waals surface area (Å²) < 4.78 is 5.39. The van der Waals surface area contributed by atoms with Crippen LogP contribution in [-0.2, 0) is 11.3 Å².